The van der Waals surface area contributed by atoms with Crippen molar-refractivity contribution in [2.24, 2.45) is 0 Å². The van der Waals surface area contributed by atoms with Gasteiger partial charge in [-0.2, -0.15) is 0 Å². The molecule has 0 heterocycles. The molecule has 0 radical (unpaired) electrons. The van der Waals surface area contributed by atoms with Gasteiger partial charge >= 0.3 is 0 Å². The van der Waals surface area contributed by atoms with Crippen molar-refractivity contribution in [2.75, 3.05) is 27.2 Å². The lowest BCUT2D eigenvalue weighted by molar-refractivity contribution is -0.128. The minimum absolute atomic E-state index is 0.158. The second-order valence-electron chi connectivity index (χ2n) is 4.04. The Hall–Kier alpha value is -0.610. The normalized spacial score (nSPS) is 12.5. The van der Waals surface area contributed by atoms with Crippen LogP contribution in [-0.2, 0) is 4.79 Å². The zero-order valence-corrected chi connectivity index (χ0v) is 10.1. The van der Waals surface area contributed by atoms with Gasteiger partial charge in [-0.25, -0.2) is 0 Å². The van der Waals surface area contributed by atoms with Crippen molar-refractivity contribution >= 4 is 5.91 Å². The quantitative estimate of drug-likeness (QED) is 0.584. The molecule has 1 amide bonds. The first-order valence-corrected chi connectivity index (χ1v) is 5.66. The highest BCUT2D eigenvalue weighted by atomic mass is 16.3. The summed E-state index contributed by atoms with van der Waals surface area (Å²) in [5.74, 6) is 0.158. The van der Waals surface area contributed by atoms with E-state index in [-0.39, 0.29) is 12.0 Å². The first-order chi connectivity index (χ1) is 7.07. The van der Waals surface area contributed by atoms with Gasteiger partial charge in [0.05, 0.1) is 6.10 Å². The van der Waals surface area contributed by atoms with Crippen molar-refractivity contribution in [3.63, 3.8) is 0 Å². The van der Waals surface area contributed by atoms with Crippen LogP contribution in [0.5, 0.6) is 0 Å². The zero-order valence-electron chi connectivity index (χ0n) is 10.1. The Morgan fingerprint density at radius 3 is 2.67 bits per heavy atom. The molecule has 1 unspecified atom stereocenters. The molecule has 0 aliphatic rings. The summed E-state index contributed by atoms with van der Waals surface area (Å²) < 4.78 is 0. The molecule has 0 aromatic carbocycles. The molecule has 2 N–H and O–H groups in total. The second-order valence-corrected chi connectivity index (χ2v) is 4.04. The SMILES string of the molecule is CCCC(O)CNCCCC(=O)N(C)C. The summed E-state index contributed by atoms with van der Waals surface area (Å²) in [5, 5.41) is 12.6. The van der Waals surface area contributed by atoms with Gasteiger partial charge in [-0.3, -0.25) is 4.79 Å². The summed E-state index contributed by atoms with van der Waals surface area (Å²) in [7, 11) is 3.53. The predicted octanol–water partition coefficient (Wildman–Crippen LogP) is 0.605. The Kier molecular flexibility index (Phi) is 8.33. The summed E-state index contributed by atoms with van der Waals surface area (Å²) >= 11 is 0. The van der Waals surface area contributed by atoms with E-state index in [1.807, 2.05) is 0 Å². The lowest BCUT2D eigenvalue weighted by Gasteiger charge is -2.12. The molecule has 0 aliphatic heterocycles. The summed E-state index contributed by atoms with van der Waals surface area (Å²) in [6.45, 7) is 3.48. The van der Waals surface area contributed by atoms with E-state index in [0.29, 0.717) is 13.0 Å². The fourth-order valence-electron chi connectivity index (χ4n) is 1.29. The van der Waals surface area contributed by atoms with Crippen LogP contribution in [0.2, 0.25) is 0 Å². The molecule has 1 atom stereocenters. The van der Waals surface area contributed by atoms with Gasteiger partial charge in [-0.1, -0.05) is 13.3 Å². The third-order valence-corrected chi connectivity index (χ3v) is 2.24. The number of aliphatic hydroxyl groups is 1. The average molecular weight is 216 g/mol. The molecular formula is C11H24N2O2. The van der Waals surface area contributed by atoms with Crippen LogP contribution in [0, 0.1) is 0 Å². The highest BCUT2D eigenvalue weighted by molar-refractivity contribution is 5.75. The molecule has 4 nitrogen and oxygen atoms in total. The monoisotopic (exact) mass is 216 g/mol. The smallest absolute Gasteiger partial charge is 0.222 e. The van der Waals surface area contributed by atoms with Gasteiger partial charge in [0.25, 0.3) is 0 Å². The van der Waals surface area contributed by atoms with Crippen LogP contribution in [-0.4, -0.2) is 49.2 Å². The molecule has 4 heteroatoms. The Labute approximate surface area is 92.7 Å². The zero-order chi connectivity index (χ0) is 11.7. The maximum Gasteiger partial charge on any atom is 0.222 e. The van der Waals surface area contributed by atoms with Crippen LogP contribution in [0.15, 0.2) is 0 Å². The first-order valence-electron chi connectivity index (χ1n) is 5.66. The highest BCUT2D eigenvalue weighted by Gasteiger charge is 2.04. The van der Waals surface area contributed by atoms with Gasteiger partial charge in [0.1, 0.15) is 0 Å². The Morgan fingerprint density at radius 2 is 2.13 bits per heavy atom. The van der Waals surface area contributed by atoms with Crippen molar-refractivity contribution in [1.82, 2.24) is 10.2 Å². The maximum atomic E-state index is 11.2. The topological polar surface area (TPSA) is 52.6 Å². The van der Waals surface area contributed by atoms with Gasteiger partial charge in [0.15, 0.2) is 0 Å². The lowest BCUT2D eigenvalue weighted by atomic mass is 10.2. The van der Waals surface area contributed by atoms with Crippen molar-refractivity contribution in [1.29, 1.82) is 0 Å². The third-order valence-electron chi connectivity index (χ3n) is 2.24. The number of amides is 1. The number of carbonyl (C=O) groups is 1. The number of rotatable bonds is 8. The molecule has 0 saturated carbocycles. The number of nitrogens with zero attached hydrogens (tertiary/aromatic N) is 1. The molecule has 0 rings (SSSR count). The molecule has 0 aromatic heterocycles. The molecule has 0 spiro atoms. The van der Waals surface area contributed by atoms with Gasteiger partial charge in [-0.05, 0) is 19.4 Å². The van der Waals surface area contributed by atoms with Gasteiger partial charge in [0, 0.05) is 27.1 Å². The minimum Gasteiger partial charge on any atom is -0.392 e. The van der Waals surface area contributed by atoms with E-state index in [1.165, 1.54) is 0 Å². The van der Waals surface area contributed by atoms with Crippen LogP contribution in [0.4, 0.5) is 0 Å². The number of hydrogen-bond acceptors (Lipinski definition) is 3. The molecule has 0 aromatic rings. The summed E-state index contributed by atoms with van der Waals surface area (Å²) in [6.07, 6.45) is 2.99. The van der Waals surface area contributed by atoms with E-state index in [4.69, 9.17) is 0 Å². The number of hydrogen-bond donors (Lipinski definition) is 2. The molecule has 15 heavy (non-hydrogen) atoms. The minimum atomic E-state index is -0.250. The Bertz CT molecular complexity index is 172. The van der Waals surface area contributed by atoms with Crippen molar-refractivity contribution in [3.05, 3.63) is 0 Å². The standard InChI is InChI=1S/C11H24N2O2/c1-4-6-10(14)9-12-8-5-7-11(15)13(2)3/h10,12,14H,4-9H2,1-3H3. The fourth-order valence-corrected chi connectivity index (χ4v) is 1.29. The number of nitrogens with one attached hydrogen (secondary N) is 1. The van der Waals surface area contributed by atoms with E-state index in [1.54, 1.807) is 19.0 Å². The van der Waals surface area contributed by atoms with Crippen molar-refractivity contribution in [3.8, 4) is 0 Å². The van der Waals surface area contributed by atoms with E-state index >= 15 is 0 Å². The highest BCUT2D eigenvalue weighted by Crippen LogP contribution is 1.95. The summed E-state index contributed by atoms with van der Waals surface area (Å²) in [6, 6.07) is 0. The van der Waals surface area contributed by atoms with Crippen LogP contribution in [0.3, 0.4) is 0 Å². The molecule has 0 aliphatic carbocycles. The van der Waals surface area contributed by atoms with Crippen LogP contribution >= 0.6 is 0 Å². The molecule has 0 bridgehead atoms. The van der Waals surface area contributed by atoms with E-state index in [2.05, 4.69) is 12.2 Å². The average Bonchev–Trinajstić information content (AvgIpc) is 2.17. The lowest BCUT2D eigenvalue weighted by Crippen LogP contribution is -2.28. The Morgan fingerprint density at radius 1 is 1.47 bits per heavy atom. The van der Waals surface area contributed by atoms with E-state index in [0.717, 1.165) is 25.8 Å². The fraction of sp³-hybridized carbons (Fsp3) is 0.909. The van der Waals surface area contributed by atoms with Crippen LogP contribution in [0.1, 0.15) is 32.6 Å². The summed E-state index contributed by atoms with van der Waals surface area (Å²) in [5.41, 5.74) is 0. The summed E-state index contributed by atoms with van der Waals surface area (Å²) in [4.78, 5) is 12.8. The van der Waals surface area contributed by atoms with E-state index < -0.39 is 0 Å². The molecule has 90 valence electrons. The molecule has 0 saturated heterocycles. The maximum absolute atomic E-state index is 11.2. The predicted molar refractivity (Wildman–Crippen MR) is 61.7 cm³/mol. The second kappa shape index (κ2) is 8.68. The van der Waals surface area contributed by atoms with Gasteiger partial charge in [-0.15, -0.1) is 0 Å². The first kappa shape index (κ1) is 14.4. The molecule has 0 fully saturated rings. The van der Waals surface area contributed by atoms with Crippen molar-refractivity contribution in [2.45, 2.75) is 38.7 Å². The van der Waals surface area contributed by atoms with Gasteiger partial charge < -0.3 is 15.3 Å². The largest absolute Gasteiger partial charge is 0.392 e. The number of carbonyl (C=O) groups excluding carboxylic acids is 1. The van der Waals surface area contributed by atoms with Crippen molar-refractivity contribution < 1.29 is 9.90 Å². The van der Waals surface area contributed by atoms with Crippen LogP contribution < -0.4 is 5.32 Å². The third kappa shape index (κ3) is 8.39. The van der Waals surface area contributed by atoms with E-state index in [9.17, 15) is 9.90 Å². The number of aliphatic hydroxyl groups excluding tert-OH is 1. The van der Waals surface area contributed by atoms with Gasteiger partial charge in [0.2, 0.25) is 5.91 Å². The Balaban J connectivity index is 3.28. The molecular weight excluding hydrogens is 192 g/mol. The van der Waals surface area contributed by atoms with Crippen LogP contribution in [0.25, 0.3) is 0 Å².